The van der Waals surface area contributed by atoms with Crippen LogP contribution in [0.2, 0.25) is 0 Å². The molecular formula is C15H16N6. The summed E-state index contributed by atoms with van der Waals surface area (Å²) in [6.07, 6.45) is 2.30. The van der Waals surface area contributed by atoms with Gasteiger partial charge in [0.15, 0.2) is 11.5 Å². The highest BCUT2D eigenvalue weighted by molar-refractivity contribution is 5.44. The van der Waals surface area contributed by atoms with Crippen molar-refractivity contribution in [2.24, 2.45) is 0 Å². The molecule has 0 bridgehead atoms. The van der Waals surface area contributed by atoms with E-state index in [0.717, 1.165) is 31.7 Å². The molecule has 106 valence electrons. The highest BCUT2D eigenvalue weighted by Crippen LogP contribution is 2.29. The lowest BCUT2D eigenvalue weighted by Crippen LogP contribution is -2.33. The number of rotatable bonds is 2. The van der Waals surface area contributed by atoms with Crippen LogP contribution in [0.15, 0.2) is 42.5 Å². The number of fused-ring (bicyclic) bond motifs is 1. The van der Waals surface area contributed by atoms with Crippen LogP contribution in [0.4, 0.5) is 5.82 Å². The molecule has 2 aromatic heterocycles. The molecule has 6 nitrogen and oxygen atoms in total. The maximum atomic E-state index is 4.46. The Morgan fingerprint density at radius 3 is 2.57 bits per heavy atom. The van der Waals surface area contributed by atoms with Crippen molar-refractivity contribution >= 4 is 11.5 Å². The van der Waals surface area contributed by atoms with Gasteiger partial charge in [-0.25, -0.2) is 0 Å². The fourth-order valence-corrected chi connectivity index (χ4v) is 2.98. The third-order valence-electron chi connectivity index (χ3n) is 4.15. The molecule has 4 rings (SSSR count). The Kier molecular flexibility index (Phi) is 2.99. The normalized spacial score (nSPS) is 16.5. The fraction of sp³-hybridized carbons (Fsp3) is 0.333. The van der Waals surface area contributed by atoms with Gasteiger partial charge in [0.1, 0.15) is 0 Å². The minimum absolute atomic E-state index is 0.652. The van der Waals surface area contributed by atoms with Gasteiger partial charge >= 0.3 is 0 Å². The van der Waals surface area contributed by atoms with Crippen molar-refractivity contribution in [1.82, 2.24) is 25.3 Å². The summed E-state index contributed by atoms with van der Waals surface area (Å²) in [5.41, 5.74) is 2.12. The number of piperidine rings is 1. The lowest BCUT2D eigenvalue weighted by Gasteiger charge is -2.32. The van der Waals surface area contributed by atoms with E-state index in [0.29, 0.717) is 11.6 Å². The number of hydrogen-bond donors (Lipinski definition) is 0. The van der Waals surface area contributed by atoms with Gasteiger partial charge in [0.2, 0.25) is 0 Å². The summed E-state index contributed by atoms with van der Waals surface area (Å²) in [5.74, 6) is 1.60. The van der Waals surface area contributed by atoms with Crippen LogP contribution in [0, 0.1) is 0 Å². The zero-order valence-electron chi connectivity index (χ0n) is 11.6. The summed E-state index contributed by atoms with van der Waals surface area (Å²) in [4.78, 5) is 2.31. The van der Waals surface area contributed by atoms with Gasteiger partial charge < -0.3 is 4.90 Å². The molecule has 3 heterocycles. The minimum Gasteiger partial charge on any atom is -0.355 e. The van der Waals surface area contributed by atoms with Crippen LogP contribution >= 0.6 is 0 Å². The van der Waals surface area contributed by atoms with Crippen LogP contribution < -0.4 is 4.90 Å². The molecule has 0 spiro atoms. The van der Waals surface area contributed by atoms with Crippen LogP contribution in [0.25, 0.3) is 5.65 Å². The quantitative estimate of drug-likeness (QED) is 0.717. The van der Waals surface area contributed by atoms with Crippen LogP contribution in [0.3, 0.4) is 0 Å². The molecular weight excluding hydrogens is 264 g/mol. The molecule has 0 aliphatic carbocycles. The van der Waals surface area contributed by atoms with Crippen molar-refractivity contribution < 1.29 is 0 Å². The number of hydrogen-bond acceptors (Lipinski definition) is 5. The van der Waals surface area contributed by atoms with Gasteiger partial charge in [0.25, 0.3) is 0 Å². The summed E-state index contributed by atoms with van der Waals surface area (Å²) < 4.78 is 1.48. The minimum atomic E-state index is 0.652. The first kappa shape index (κ1) is 12.3. The molecule has 1 aromatic carbocycles. The second-order valence-electron chi connectivity index (χ2n) is 5.39. The largest absolute Gasteiger partial charge is 0.355 e. The van der Waals surface area contributed by atoms with Crippen LogP contribution in [0.1, 0.15) is 24.3 Å². The SMILES string of the molecule is c1ccc(C2CCN(c3ccc4nnnn4n3)CC2)cc1. The lowest BCUT2D eigenvalue weighted by molar-refractivity contribution is 0.500. The molecule has 6 heteroatoms. The van der Waals surface area contributed by atoms with Gasteiger partial charge in [0, 0.05) is 13.1 Å². The van der Waals surface area contributed by atoms with Crippen molar-refractivity contribution in [3.63, 3.8) is 0 Å². The van der Waals surface area contributed by atoms with Gasteiger partial charge in [-0.1, -0.05) is 30.3 Å². The van der Waals surface area contributed by atoms with Crippen molar-refractivity contribution in [2.75, 3.05) is 18.0 Å². The van der Waals surface area contributed by atoms with Crippen molar-refractivity contribution in [3.8, 4) is 0 Å². The second-order valence-corrected chi connectivity index (χ2v) is 5.39. The molecule has 1 aliphatic heterocycles. The van der Waals surface area contributed by atoms with E-state index < -0.39 is 0 Å². The zero-order chi connectivity index (χ0) is 14.1. The van der Waals surface area contributed by atoms with Gasteiger partial charge in [-0.2, -0.15) is 0 Å². The average molecular weight is 280 g/mol. The van der Waals surface area contributed by atoms with Gasteiger partial charge in [-0.15, -0.1) is 14.8 Å². The smallest absolute Gasteiger partial charge is 0.200 e. The molecule has 0 radical (unpaired) electrons. The predicted octanol–water partition coefficient (Wildman–Crippen LogP) is 1.90. The van der Waals surface area contributed by atoms with E-state index in [1.165, 1.54) is 10.2 Å². The fourth-order valence-electron chi connectivity index (χ4n) is 2.98. The van der Waals surface area contributed by atoms with E-state index in [1.807, 2.05) is 12.1 Å². The third-order valence-corrected chi connectivity index (χ3v) is 4.15. The average Bonchev–Trinajstić information content (AvgIpc) is 3.03. The monoisotopic (exact) mass is 280 g/mol. The zero-order valence-corrected chi connectivity index (χ0v) is 11.6. The van der Waals surface area contributed by atoms with Crippen molar-refractivity contribution in [1.29, 1.82) is 0 Å². The number of tetrazole rings is 1. The first-order valence-electron chi connectivity index (χ1n) is 7.25. The Bertz CT molecular complexity index is 730. The van der Waals surface area contributed by atoms with Crippen LogP contribution in [-0.2, 0) is 0 Å². The third kappa shape index (κ3) is 2.33. The summed E-state index contributed by atoms with van der Waals surface area (Å²) in [7, 11) is 0. The Labute approximate surface area is 122 Å². The maximum Gasteiger partial charge on any atom is 0.200 e. The van der Waals surface area contributed by atoms with Crippen LogP contribution in [-0.4, -0.2) is 38.3 Å². The van der Waals surface area contributed by atoms with Gasteiger partial charge in [-0.05, 0) is 46.9 Å². The maximum absolute atomic E-state index is 4.46. The number of anilines is 1. The molecule has 1 aliphatic rings. The highest BCUT2D eigenvalue weighted by atomic mass is 15.6. The molecule has 1 fully saturated rings. The predicted molar refractivity (Wildman–Crippen MR) is 79.2 cm³/mol. The molecule has 0 atom stereocenters. The summed E-state index contributed by atoms with van der Waals surface area (Å²) in [6, 6.07) is 14.7. The van der Waals surface area contributed by atoms with Crippen molar-refractivity contribution in [2.45, 2.75) is 18.8 Å². The summed E-state index contributed by atoms with van der Waals surface area (Å²) in [6.45, 7) is 2.03. The van der Waals surface area contributed by atoms with E-state index in [2.05, 4.69) is 55.9 Å². The molecule has 0 unspecified atom stereocenters. The first-order chi connectivity index (χ1) is 10.4. The Morgan fingerprint density at radius 1 is 0.952 bits per heavy atom. The van der Waals surface area contributed by atoms with E-state index in [9.17, 15) is 0 Å². The number of nitrogens with zero attached hydrogens (tertiary/aromatic N) is 6. The lowest BCUT2D eigenvalue weighted by atomic mass is 9.89. The highest BCUT2D eigenvalue weighted by Gasteiger charge is 2.21. The van der Waals surface area contributed by atoms with E-state index >= 15 is 0 Å². The Morgan fingerprint density at radius 2 is 1.76 bits per heavy atom. The molecule has 0 saturated carbocycles. The summed E-state index contributed by atoms with van der Waals surface area (Å²) >= 11 is 0. The number of benzene rings is 1. The van der Waals surface area contributed by atoms with E-state index in [1.54, 1.807) is 0 Å². The van der Waals surface area contributed by atoms with E-state index in [4.69, 9.17) is 0 Å². The van der Waals surface area contributed by atoms with Gasteiger partial charge in [-0.3, -0.25) is 0 Å². The Balaban J connectivity index is 1.49. The summed E-state index contributed by atoms with van der Waals surface area (Å²) in [5, 5.41) is 15.8. The molecule has 0 amide bonds. The Hall–Kier alpha value is -2.50. The second kappa shape index (κ2) is 5.12. The molecule has 3 aromatic rings. The standard InChI is InChI=1S/C15H16N6/c1-2-4-12(5-3-1)13-8-10-20(11-9-13)15-7-6-14-16-18-19-21(14)17-15/h1-7,13H,8-11H2. The van der Waals surface area contributed by atoms with Gasteiger partial charge in [0.05, 0.1) is 0 Å². The molecule has 1 saturated heterocycles. The number of aromatic nitrogens is 5. The topological polar surface area (TPSA) is 59.2 Å². The first-order valence-corrected chi connectivity index (χ1v) is 7.25. The molecule has 0 N–H and O–H groups in total. The van der Waals surface area contributed by atoms with E-state index in [-0.39, 0.29) is 0 Å². The molecule has 21 heavy (non-hydrogen) atoms. The van der Waals surface area contributed by atoms with Crippen molar-refractivity contribution in [3.05, 3.63) is 48.0 Å². The van der Waals surface area contributed by atoms with Crippen LogP contribution in [0.5, 0.6) is 0 Å².